The average molecular weight is 430 g/mol. The SMILES string of the molecule is CN(CC(=O)N1CCCN(CCCc2ccccc2)CC1)S(=O)(=O)c1ccccc1. The summed E-state index contributed by atoms with van der Waals surface area (Å²) in [5, 5.41) is 0. The number of benzene rings is 2. The summed E-state index contributed by atoms with van der Waals surface area (Å²) in [4.78, 5) is 17.2. The minimum absolute atomic E-state index is 0.134. The molecule has 0 bridgehead atoms. The van der Waals surface area contributed by atoms with Gasteiger partial charge >= 0.3 is 0 Å². The lowest BCUT2D eigenvalue weighted by atomic mass is 10.1. The molecule has 1 saturated heterocycles. The summed E-state index contributed by atoms with van der Waals surface area (Å²) in [5.41, 5.74) is 1.35. The molecule has 0 radical (unpaired) electrons. The van der Waals surface area contributed by atoms with Gasteiger partial charge in [-0.2, -0.15) is 4.31 Å². The minimum atomic E-state index is -3.66. The number of hydrogen-bond donors (Lipinski definition) is 0. The highest BCUT2D eigenvalue weighted by molar-refractivity contribution is 7.89. The second-order valence-electron chi connectivity index (χ2n) is 7.74. The van der Waals surface area contributed by atoms with Crippen molar-refractivity contribution in [2.75, 3.05) is 46.3 Å². The Morgan fingerprint density at radius 3 is 2.30 bits per heavy atom. The molecule has 0 N–H and O–H groups in total. The standard InChI is InChI=1S/C23H31N3O3S/c1-24(30(28,29)22-13-6-3-7-14-22)20-23(27)26-17-9-16-25(18-19-26)15-8-12-21-10-4-2-5-11-21/h2-7,10-11,13-14H,8-9,12,15-20H2,1H3. The zero-order valence-electron chi connectivity index (χ0n) is 17.6. The van der Waals surface area contributed by atoms with Crippen molar-refractivity contribution in [2.24, 2.45) is 0 Å². The lowest BCUT2D eigenvalue weighted by Gasteiger charge is -2.24. The molecule has 1 heterocycles. The van der Waals surface area contributed by atoms with Gasteiger partial charge in [0.25, 0.3) is 0 Å². The van der Waals surface area contributed by atoms with Gasteiger partial charge in [0.2, 0.25) is 15.9 Å². The predicted octanol–water partition coefficient (Wildman–Crippen LogP) is 2.47. The van der Waals surface area contributed by atoms with Crippen LogP contribution in [-0.2, 0) is 21.2 Å². The Morgan fingerprint density at radius 1 is 0.933 bits per heavy atom. The van der Waals surface area contributed by atoms with Crippen LogP contribution in [-0.4, -0.2) is 74.7 Å². The van der Waals surface area contributed by atoms with Crippen molar-refractivity contribution in [3.05, 3.63) is 66.2 Å². The van der Waals surface area contributed by atoms with Crippen molar-refractivity contribution in [1.29, 1.82) is 0 Å². The summed E-state index contributed by atoms with van der Waals surface area (Å²) >= 11 is 0. The molecule has 2 aromatic rings. The van der Waals surface area contributed by atoms with Gasteiger partial charge in [-0.3, -0.25) is 4.79 Å². The maximum Gasteiger partial charge on any atom is 0.243 e. The van der Waals surface area contributed by atoms with Crippen LogP contribution in [0.1, 0.15) is 18.4 Å². The van der Waals surface area contributed by atoms with E-state index >= 15 is 0 Å². The number of carbonyl (C=O) groups is 1. The molecular weight excluding hydrogens is 398 g/mol. The Kier molecular flexibility index (Phi) is 8.01. The summed E-state index contributed by atoms with van der Waals surface area (Å²) < 4.78 is 26.5. The highest BCUT2D eigenvalue weighted by Gasteiger charge is 2.26. The van der Waals surface area contributed by atoms with E-state index in [0.717, 1.165) is 43.2 Å². The summed E-state index contributed by atoms with van der Waals surface area (Å²) in [6, 6.07) is 18.7. The van der Waals surface area contributed by atoms with E-state index in [1.807, 2.05) is 6.07 Å². The van der Waals surface area contributed by atoms with E-state index in [1.165, 1.54) is 12.6 Å². The van der Waals surface area contributed by atoms with Crippen molar-refractivity contribution >= 4 is 15.9 Å². The van der Waals surface area contributed by atoms with E-state index in [9.17, 15) is 13.2 Å². The Hall–Kier alpha value is -2.22. The topological polar surface area (TPSA) is 60.9 Å². The number of nitrogens with zero attached hydrogens (tertiary/aromatic N) is 3. The number of sulfonamides is 1. The molecule has 162 valence electrons. The van der Waals surface area contributed by atoms with Gasteiger partial charge in [-0.25, -0.2) is 8.42 Å². The molecule has 1 amide bonds. The molecule has 6 nitrogen and oxygen atoms in total. The largest absolute Gasteiger partial charge is 0.340 e. The normalized spacial score (nSPS) is 15.9. The van der Waals surface area contributed by atoms with Crippen molar-refractivity contribution in [1.82, 2.24) is 14.1 Å². The summed E-state index contributed by atoms with van der Waals surface area (Å²) in [6.45, 7) is 3.99. The zero-order valence-corrected chi connectivity index (χ0v) is 18.4. The first kappa shape index (κ1) is 22.5. The number of amides is 1. The van der Waals surface area contributed by atoms with E-state index in [-0.39, 0.29) is 17.3 Å². The van der Waals surface area contributed by atoms with Crippen LogP contribution in [0.3, 0.4) is 0 Å². The van der Waals surface area contributed by atoms with Gasteiger partial charge in [0, 0.05) is 26.7 Å². The van der Waals surface area contributed by atoms with E-state index in [1.54, 1.807) is 35.2 Å². The van der Waals surface area contributed by atoms with Gasteiger partial charge in [0.05, 0.1) is 11.4 Å². The number of rotatable bonds is 8. The average Bonchev–Trinajstić information content (AvgIpc) is 3.01. The van der Waals surface area contributed by atoms with Crippen molar-refractivity contribution in [3.8, 4) is 0 Å². The number of carbonyl (C=O) groups excluding carboxylic acids is 1. The maximum atomic E-state index is 12.7. The molecule has 0 atom stereocenters. The minimum Gasteiger partial charge on any atom is -0.340 e. The molecular formula is C23H31N3O3S. The van der Waals surface area contributed by atoms with Crippen molar-refractivity contribution in [3.63, 3.8) is 0 Å². The molecule has 1 aliphatic rings. The lowest BCUT2D eigenvalue weighted by molar-refractivity contribution is -0.131. The molecule has 7 heteroatoms. The van der Waals surface area contributed by atoms with Gasteiger partial charge in [0.1, 0.15) is 0 Å². The molecule has 1 fully saturated rings. The van der Waals surface area contributed by atoms with Crippen molar-refractivity contribution < 1.29 is 13.2 Å². The van der Waals surface area contributed by atoms with Crippen LogP contribution >= 0.6 is 0 Å². The van der Waals surface area contributed by atoms with Crippen LogP contribution in [0.2, 0.25) is 0 Å². The Bertz CT molecular complexity index is 904. The number of likely N-dealkylation sites (N-methyl/N-ethyl adjacent to an activating group) is 1. The van der Waals surface area contributed by atoms with Gasteiger partial charge in [-0.05, 0) is 50.0 Å². The Balaban J connectivity index is 1.47. The Labute approximate surface area is 180 Å². The van der Waals surface area contributed by atoms with Crippen LogP contribution in [0.15, 0.2) is 65.6 Å². The van der Waals surface area contributed by atoms with Crippen molar-refractivity contribution in [2.45, 2.75) is 24.2 Å². The fourth-order valence-electron chi connectivity index (χ4n) is 3.74. The van der Waals surface area contributed by atoms with Crippen LogP contribution in [0.25, 0.3) is 0 Å². The molecule has 0 aromatic heterocycles. The maximum absolute atomic E-state index is 12.7. The highest BCUT2D eigenvalue weighted by Crippen LogP contribution is 2.14. The summed E-state index contributed by atoms with van der Waals surface area (Å²) in [6.07, 6.45) is 3.06. The first-order valence-corrected chi connectivity index (χ1v) is 12.0. The lowest BCUT2D eigenvalue weighted by Crippen LogP contribution is -2.42. The van der Waals surface area contributed by atoms with E-state index < -0.39 is 10.0 Å². The quantitative estimate of drug-likeness (QED) is 0.647. The third-order valence-electron chi connectivity index (χ3n) is 5.53. The first-order chi connectivity index (χ1) is 14.5. The summed E-state index contributed by atoms with van der Waals surface area (Å²) in [7, 11) is -2.19. The van der Waals surface area contributed by atoms with Gasteiger partial charge < -0.3 is 9.80 Å². The first-order valence-electron chi connectivity index (χ1n) is 10.5. The molecule has 0 aliphatic carbocycles. The molecule has 30 heavy (non-hydrogen) atoms. The molecule has 0 unspecified atom stereocenters. The van der Waals surface area contributed by atoms with Gasteiger partial charge in [0.15, 0.2) is 0 Å². The molecule has 2 aromatic carbocycles. The smallest absolute Gasteiger partial charge is 0.243 e. The Morgan fingerprint density at radius 2 is 1.60 bits per heavy atom. The molecule has 0 saturated carbocycles. The van der Waals surface area contributed by atoms with Crippen LogP contribution in [0.4, 0.5) is 0 Å². The van der Waals surface area contributed by atoms with Crippen LogP contribution < -0.4 is 0 Å². The van der Waals surface area contributed by atoms with E-state index in [0.29, 0.717) is 13.1 Å². The van der Waals surface area contributed by atoms with Crippen LogP contribution in [0.5, 0.6) is 0 Å². The predicted molar refractivity (Wildman–Crippen MR) is 119 cm³/mol. The number of hydrogen-bond acceptors (Lipinski definition) is 4. The summed E-state index contributed by atoms with van der Waals surface area (Å²) in [5.74, 6) is -0.136. The fraction of sp³-hybridized carbons (Fsp3) is 0.435. The van der Waals surface area contributed by atoms with Gasteiger partial charge in [-0.1, -0.05) is 48.5 Å². The fourth-order valence-corrected chi connectivity index (χ4v) is 4.88. The second-order valence-corrected chi connectivity index (χ2v) is 9.78. The molecule has 0 spiro atoms. The molecule has 3 rings (SSSR count). The molecule has 1 aliphatic heterocycles. The zero-order chi connectivity index (χ0) is 21.4. The third kappa shape index (κ3) is 6.14. The third-order valence-corrected chi connectivity index (χ3v) is 7.35. The van der Waals surface area contributed by atoms with Crippen LogP contribution in [0, 0.1) is 0 Å². The van der Waals surface area contributed by atoms with Gasteiger partial charge in [-0.15, -0.1) is 0 Å². The van der Waals surface area contributed by atoms with E-state index in [2.05, 4.69) is 29.2 Å². The number of aryl methyl sites for hydroxylation is 1. The monoisotopic (exact) mass is 429 g/mol. The highest BCUT2D eigenvalue weighted by atomic mass is 32.2. The van der Waals surface area contributed by atoms with E-state index in [4.69, 9.17) is 0 Å². The second kappa shape index (κ2) is 10.7.